The van der Waals surface area contributed by atoms with E-state index in [9.17, 15) is 8.42 Å². The molecule has 0 saturated carbocycles. The molecule has 168 valence electrons. The minimum absolute atomic E-state index is 0.183. The van der Waals surface area contributed by atoms with E-state index in [0.29, 0.717) is 41.6 Å². The molecule has 0 atom stereocenters. The Morgan fingerprint density at radius 3 is 2.06 bits per heavy atom. The maximum Gasteiger partial charge on any atom is 0.263 e. The van der Waals surface area contributed by atoms with Crippen molar-refractivity contribution in [2.45, 2.75) is 37.0 Å². The Labute approximate surface area is 187 Å². The van der Waals surface area contributed by atoms with Gasteiger partial charge in [-0.25, -0.2) is 18.4 Å². The minimum atomic E-state index is -3.81. The molecule has 1 aromatic heterocycles. The van der Waals surface area contributed by atoms with Gasteiger partial charge in [0.15, 0.2) is 23.1 Å². The van der Waals surface area contributed by atoms with Gasteiger partial charge in [0, 0.05) is 25.2 Å². The molecule has 0 aliphatic carbocycles. The van der Waals surface area contributed by atoms with Crippen LogP contribution in [0.2, 0.25) is 0 Å². The Balaban J connectivity index is 1.60. The first kappa shape index (κ1) is 20.8. The van der Waals surface area contributed by atoms with Crippen LogP contribution < -0.4 is 19.1 Å². The SMILES string of the molecule is O=S(=O)(Nc1nc2cc3c(cc2nc1N1CCCCCCC1)OCCO3)c1ccccc1. The first-order valence-electron chi connectivity index (χ1n) is 11.0. The van der Waals surface area contributed by atoms with E-state index in [-0.39, 0.29) is 10.7 Å². The van der Waals surface area contributed by atoms with Gasteiger partial charge < -0.3 is 14.4 Å². The lowest BCUT2D eigenvalue weighted by Crippen LogP contribution is -2.30. The van der Waals surface area contributed by atoms with Crippen LogP contribution in [0.3, 0.4) is 0 Å². The highest BCUT2D eigenvalue weighted by molar-refractivity contribution is 7.92. The fraction of sp³-hybridized carbons (Fsp3) is 0.391. The summed E-state index contributed by atoms with van der Waals surface area (Å²) in [6.45, 7) is 2.57. The van der Waals surface area contributed by atoms with Crippen molar-refractivity contribution < 1.29 is 17.9 Å². The third kappa shape index (κ3) is 4.29. The summed E-state index contributed by atoms with van der Waals surface area (Å²) in [4.78, 5) is 11.9. The number of rotatable bonds is 4. The number of hydrogen-bond donors (Lipinski definition) is 1. The summed E-state index contributed by atoms with van der Waals surface area (Å²) in [6, 6.07) is 11.9. The number of anilines is 2. The molecular weight excluding hydrogens is 428 g/mol. The molecule has 1 fully saturated rings. The number of hydrogen-bond acceptors (Lipinski definition) is 7. The second kappa shape index (κ2) is 8.82. The van der Waals surface area contributed by atoms with Crippen LogP contribution in [-0.2, 0) is 10.0 Å². The van der Waals surface area contributed by atoms with Gasteiger partial charge in [-0.2, -0.15) is 0 Å². The van der Waals surface area contributed by atoms with Gasteiger partial charge in [0.05, 0.1) is 15.9 Å². The number of ether oxygens (including phenoxy) is 2. The molecule has 0 bridgehead atoms. The Hall–Kier alpha value is -3.07. The molecule has 0 radical (unpaired) electrons. The quantitative estimate of drug-likeness (QED) is 0.637. The van der Waals surface area contributed by atoms with E-state index in [4.69, 9.17) is 19.4 Å². The summed E-state index contributed by atoms with van der Waals surface area (Å²) in [5.41, 5.74) is 1.20. The average molecular weight is 455 g/mol. The van der Waals surface area contributed by atoms with E-state index in [0.717, 1.165) is 38.8 Å². The summed E-state index contributed by atoms with van der Waals surface area (Å²) in [5, 5.41) is 0. The lowest BCUT2D eigenvalue weighted by molar-refractivity contribution is 0.172. The smallest absolute Gasteiger partial charge is 0.263 e. The van der Waals surface area contributed by atoms with E-state index in [2.05, 4.69) is 9.62 Å². The molecule has 1 saturated heterocycles. The van der Waals surface area contributed by atoms with Crippen LogP contribution in [-0.4, -0.2) is 44.7 Å². The first-order chi connectivity index (χ1) is 15.6. The molecular formula is C23H26N4O4S. The maximum atomic E-state index is 13.1. The molecule has 5 rings (SSSR count). The second-order valence-electron chi connectivity index (χ2n) is 8.05. The standard InChI is InChI=1S/C23H26N4O4S/c28-32(29,17-9-5-4-6-10-17)26-22-23(27-11-7-2-1-3-8-12-27)25-19-16-21-20(15-18(19)24-22)30-13-14-31-21/h4-6,9-10,15-16H,1-3,7-8,11-14H2,(H,24,26). The van der Waals surface area contributed by atoms with Crippen LogP contribution in [0.5, 0.6) is 11.5 Å². The van der Waals surface area contributed by atoms with Crippen molar-refractivity contribution in [3.8, 4) is 11.5 Å². The van der Waals surface area contributed by atoms with Gasteiger partial charge in [0.25, 0.3) is 10.0 Å². The highest BCUT2D eigenvalue weighted by atomic mass is 32.2. The van der Waals surface area contributed by atoms with Crippen LogP contribution in [0.25, 0.3) is 11.0 Å². The van der Waals surface area contributed by atoms with Gasteiger partial charge in [-0.15, -0.1) is 0 Å². The van der Waals surface area contributed by atoms with Crippen LogP contribution in [0.1, 0.15) is 32.1 Å². The largest absolute Gasteiger partial charge is 0.486 e. The molecule has 3 aromatic rings. The van der Waals surface area contributed by atoms with E-state index in [1.165, 1.54) is 6.42 Å². The summed E-state index contributed by atoms with van der Waals surface area (Å²) in [5.74, 6) is 2.01. The highest BCUT2D eigenvalue weighted by Crippen LogP contribution is 2.36. The molecule has 8 nitrogen and oxygen atoms in total. The van der Waals surface area contributed by atoms with Gasteiger partial charge in [-0.3, -0.25) is 4.72 Å². The van der Waals surface area contributed by atoms with Gasteiger partial charge in [-0.05, 0) is 25.0 Å². The normalized spacial score (nSPS) is 16.9. The van der Waals surface area contributed by atoms with Crippen molar-refractivity contribution in [3.63, 3.8) is 0 Å². The molecule has 0 amide bonds. The van der Waals surface area contributed by atoms with E-state index in [1.807, 2.05) is 6.07 Å². The summed E-state index contributed by atoms with van der Waals surface area (Å²) >= 11 is 0. The van der Waals surface area contributed by atoms with Gasteiger partial charge in [0.1, 0.15) is 13.2 Å². The third-order valence-electron chi connectivity index (χ3n) is 5.75. The molecule has 9 heteroatoms. The van der Waals surface area contributed by atoms with Crippen LogP contribution >= 0.6 is 0 Å². The first-order valence-corrected chi connectivity index (χ1v) is 12.5. The lowest BCUT2D eigenvalue weighted by Gasteiger charge is -2.28. The third-order valence-corrected chi connectivity index (χ3v) is 7.10. The Morgan fingerprint density at radius 2 is 1.41 bits per heavy atom. The number of aromatic nitrogens is 2. The Bertz CT molecular complexity index is 1210. The van der Waals surface area contributed by atoms with E-state index < -0.39 is 10.0 Å². The van der Waals surface area contributed by atoms with Crippen molar-refractivity contribution in [2.24, 2.45) is 0 Å². The van der Waals surface area contributed by atoms with Crippen LogP contribution in [0.4, 0.5) is 11.6 Å². The van der Waals surface area contributed by atoms with Gasteiger partial charge in [0.2, 0.25) is 0 Å². The predicted molar refractivity (Wildman–Crippen MR) is 123 cm³/mol. The van der Waals surface area contributed by atoms with Crippen molar-refractivity contribution >= 4 is 32.7 Å². The van der Waals surface area contributed by atoms with Crippen molar-refractivity contribution in [1.82, 2.24) is 9.97 Å². The number of fused-ring (bicyclic) bond motifs is 2. The Morgan fingerprint density at radius 1 is 0.812 bits per heavy atom. The van der Waals surface area contributed by atoms with Gasteiger partial charge in [-0.1, -0.05) is 37.5 Å². The monoisotopic (exact) mass is 454 g/mol. The zero-order chi connectivity index (χ0) is 22.0. The zero-order valence-corrected chi connectivity index (χ0v) is 18.6. The Kier molecular flexibility index (Phi) is 5.73. The van der Waals surface area contributed by atoms with Crippen molar-refractivity contribution in [1.29, 1.82) is 0 Å². The molecule has 2 aliphatic heterocycles. The highest BCUT2D eigenvalue weighted by Gasteiger charge is 2.24. The number of nitrogens with one attached hydrogen (secondary N) is 1. The molecule has 32 heavy (non-hydrogen) atoms. The number of sulfonamides is 1. The van der Waals surface area contributed by atoms with Gasteiger partial charge >= 0.3 is 0 Å². The van der Waals surface area contributed by atoms with Crippen LogP contribution in [0, 0.1) is 0 Å². The summed E-state index contributed by atoms with van der Waals surface area (Å²) in [7, 11) is -3.81. The minimum Gasteiger partial charge on any atom is -0.486 e. The molecule has 1 N–H and O–H groups in total. The zero-order valence-electron chi connectivity index (χ0n) is 17.8. The van der Waals surface area contributed by atoms with E-state index in [1.54, 1.807) is 36.4 Å². The lowest BCUT2D eigenvalue weighted by atomic mass is 10.1. The van der Waals surface area contributed by atoms with Crippen molar-refractivity contribution in [2.75, 3.05) is 35.9 Å². The topological polar surface area (TPSA) is 93.7 Å². The molecule has 2 aliphatic rings. The molecule has 2 aromatic carbocycles. The molecule has 3 heterocycles. The predicted octanol–water partition coefficient (Wildman–Crippen LogP) is 3.97. The number of nitrogens with zero attached hydrogens (tertiary/aromatic N) is 3. The molecule has 0 unspecified atom stereocenters. The fourth-order valence-corrected chi connectivity index (χ4v) is 5.14. The van der Waals surface area contributed by atoms with Crippen LogP contribution in [0.15, 0.2) is 47.4 Å². The fourth-order valence-electron chi connectivity index (χ4n) is 4.12. The summed E-state index contributed by atoms with van der Waals surface area (Å²) < 4.78 is 40.2. The summed E-state index contributed by atoms with van der Waals surface area (Å²) in [6.07, 6.45) is 5.61. The second-order valence-corrected chi connectivity index (χ2v) is 9.74. The molecule has 0 spiro atoms. The maximum absolute atomic E-state index is 13.1. The average Bonchev–Trinajstić information content (AvgIpc) is 2.78. The number of benzene rings is 2. The van der Waals surface area contributed by atoms with Crippen molar-refractivity contribution in [3.05, 3.63) is 42.5 Å². The van der Waals surface area contributed by atoms with E-state index >= 15 is 0 Å².